The number of aromatic nitrogens is 1. The van der Waals surface area contributed by atoms with E-state index in [-0.39, 0.29) is 11.7 Å². The van der Waals surface area contributed by atoms with Gasteiger partial charge in [0.2, 0.25) is 5.91 Å². The van der Waals surface area contributed by atoms with Crippen LogP contribution in [0.15, 0.2) is 54.7 Å². The van der Waals surface area contributed by atoms with Crippen molar-refractivity contribution in [3.63, 3.8) is 0 Å². The van der Waals surface area contributed by atoms with E-state index in [1.165, 1.54) is 6.07 Å². The molecule has 0 atom stereocenters. The van der Waals surface area contributed by atoms with Gasteiger partial charge in [-0.25, -0.2) is 4.39 Å². The van der Waals surface area contributed by atoms with Crippen molar-refractivity contribution < 1.29 is 9.18 Å². The van der Waals surface area contributed by atoms with Gasteiger partial charge in [0.1, 0.15) is 5.82 Å². The van der Waals surface area contributed by atoms with E-state index in [0.29, 0.717) is 31.9 Å². The molecular formula is C18H18FN3O. The molecule has 118 valence electrons. The van der Waals surface area contributed by atoms with Crippen molar-refractivity contribution in [1.29, 1.82) is 0 Å². The van der Waals surface area contributed by atoms with E-state index in [2.05, 4.69) is 4.98 Å². The highest BCUT2D eigenvalue weighted by molar-refractivity contribution is 5.91. The Kier molecular flexibility index (Phi) is 4.66. The molecule has 1 aliphatic rings. The zero-order valence-corrected chi connectivity index (χ0v) is 12.7. The van der Waals surface area contributed by atoms with Crippen LogP contribution in [0.2, 0.25) is 0 Å². The second-order valence-corrected chi connectivity index (χ2v) is 5.35. The summed E-state index contributed by atoms with van der Waals surface area (Å²) in [6.45, 7) is 2.42. The van der Waals surface area contributed by atoms with Gasteiger partial charge in [0.25, 0.3) is 0 Å². The first-order chi connectivity index (χ1) is 11.2. The molecule has 0 saturated carbocycles. The monoisotopic (exact) mass is 311 g/mol. The average molecular weight is 311 g/mol. The Hall–Kier alpha value is -2.69. The largest absolute Gasteiger partial charge is 0.366 e. The fraction of sp³-hybridized carbons (Fsp3) is 0.222. The van der Waals surface area contributed by atoms with Crippen LogP contribution in [0.5, 0.6) is 0 Å². The highest BCUT2D eigenvalue weighted by atomic mass is 19.1. The van der Waals surface area contributed by atoms with Gasteiger partial charge in [-0.05, 0) is 30.3 Å². The fourth-order valence-electron chi connectivity index (χ4n) is 2.61. The number of para-hydroxylation sites is 1. The number of hydrogen-bond donors (Lipinski definition) is 0. The molecule has 1 aromatic carbocycles. The minimum atomic E-state index is -0.220. The van der Waals surface area contributed by atoms with Gasteiger partial charge < -0.3 is 9.80 Å². The van der Waals surface area contributed by atoms with Crippen LogP contribution in [0.1, 0.15) is 5.69 Å². The number of benzene rings is 1. The van der Waals surface area contributed by atoms with Crippen LogP contribution in [-0.2, 0) is 4.79 Å². The molecule has 1 amide bonds. The Morgan fingerprint density at radius 1 is 1.04 bits per heavy atom. The molecule has 1 aliphatic heterocycles. The zero-order valence-electron chi connectivity index (χ0n) is 12.7. The van der Waals surface area contributed by atoms with Gasteiger partial charge in [-0.1, -0.05) is 18.2 Å². The van der Waals surface area contributed by atoms with Gasteiger partial charge >= 0.3 is 0 Å². The van der Waals surface area contributed by atoms with E-state index in [0.717, 1.165) is 5.69 Å². The van der Waals surface area contributed by atoms with Gasteiger partial charge in [-0.2, -0.15) is 0 Å². The number of piperazine rings is 1. The number of nitrogens with zero attached hydrogens (tertiary/aromatic N) is 3. The summed E-state index contributed by atoms with van der Waals surface area (Å²) in [7, 11) is 0. The van der Waals surface area contributed by atoms with Crippen LogP contribution in [0.3, 0.4) is 0 Å². The SMILES string of the molecule is O=C(/C=C/c1ccccn1)N1CCN(c2ccccc2F)CC1. The van der Waals surface area contributed by atoms with E-state index in [4.69, 9.17) is 0 Å². The summed E-state index contributed by atoms with van der Waals surface area (Å²) in [6, 6.07) is 12.3. The molecule has 1 aromatic heterocycles. The standard InChI is InChI=1S/C18H18FN3O/c19-16-6-1-2-7-17(16)21-11-13-22(14-12-21)18(23)9-8-15-5-3-4-10-20-15/h1-10H,11-14H2/b9-8+. The van der Waals surface area contributed by atoms with Crippen molar-refractivity contribution in [3.05, 3.63) is 66.2 Å². The quantitative estimate of drug-likeness (QED) is 0.818. The van der Waals surface area contributed by atoms with Gasteiger partial charge in [0.05, 0.1) is 11.4 Å². The third-order valence-electron chi connectivity index (χ3n) is 3.87. The molecule has 2 heterocycles. The van der Waals surface area contributed by atoms with Crippen LogP contribution in [0, 0.1) is 5.82 Å². The Bertz CT molecular complexity index is 694. The second kappa shape index (κ2) is 7.05. The normalized spacial score (nSPS) is 15.2. The number of carbonyl (C=O) groups is 1. The van der Waals surface area contributed by atoms with Crippen molar-refractivity contribution in [1.82, 2.24) is 9.88 Å². The predicted octanol–water partition coefficient (Wildman–Crippen LogP) is 2.58. The Morgan fingerprint density at radius 3 is 2.48 bits per heavy atom. The first-order valence-corrected chi connectivity index (χ1v) is 7.61. The topological polar surface area (TPSA) is 36.4 Å². The summed E-state index contributed by atoms with van der Waals surface area (Å²) in [5.41, 5.74) is 1.36. The highest BCUT2D eigenvalue weighted by Crippen LogP contribution is 2.20. The lowest BCUT2D eigenvalue weighted by Crippen LogP contribution is -2.48. The molecule has 4 nitrogen and oxygen atoms in total. The lowest BCUT2D eigenvalue weighted by molar-refractivity contribution is -0.126. The number of hydrogen-bond acceptors (Lipinski definition) is 3. The summed E-state index contributed by atoms with van der Waals surface area (Å²) in [4.78, 5) is 20.1. The molecule has 0 N–H and O–H groups in total. The fourth-order valence-corrected chi connectivity index (χ4v) is 2.61. The molecule has 23 heavy (non-hydrogen) atoms. The van der Waals surface area contributed by atoms with Crippen molar-refractivity contribution in [2.75, 3.05) is 31.1 Å². The van der Waals surface area contributed by atoms with E-state index in [1.54, 1.807) is 35.4 Å². The molecule has 5 heteroatoms. The summed E-state index contributed by atoms with van der Waals surface area (Å²) in [5.74, 6) is -0.258. The number of amides is 1. The van der Waals surface area contributed by atoms with Gasteiger partial charge in [-0.3, -0.25) is 9.78 Å². The minimum absolute atomic E-state index is 0.0381. The molecule has 1 fully saturated rings. The molecule has 0 spiro atoms. The van der Waals surface area contributed by atoms with Crippen LogP contribution in [-0.4, -0.2) is 42.0 Å². The number of pyridine rings is 1. The molecule has 3 rings (SSSR count). The zero-order chi connectivity index (χ0) is 16.1. The molecule has 2 aromatic rings. The molecule has 0 bridgehead atoms. The van der Waals surface area contributed by atoms with E-state index >= 15 is 0 Å². The first kappa shape index (κ1) is 15.2. The summed E-state index contributed by atoms with van der Waals surface area (Å²) in [6.07, 6.45) is 4.95. The van der Waals surface area contributed by atoms with Gasteiger partial charge in [0, 0.05) is 38.5 Å². The second-order valence-electron chi connectivity index (χ2n) is 5.35. The van der Waals surface area contributed by atoms with Crippen LogP contribution >= 0.6 is 0 Å². The lowest BCUT2D eigenvalue weighted by atomic mass is 10.2. The van der Waals surface area contributed by atoms with Crippen LogP contribution in [0.4, 0.5) is 10.1 Å². The lowest BCUT2D eigenvalue weighted by Gasteiger charge is -2.35. The average Bonchev–Trinajstić information content (AvgIpc) is 2.61. The highest BCUT2D eigenvalue weighted by Gasteiger charge is 2.21. The maximum absolute atomic E-state index is 13.8. The Morgan fingerprint density at radius 2 is 1.78 bits per heavy atom. The maximum Gasteiger partial charge on any atom is 0.246 e. The van der Waals surface area contributed by atoms with Crippen molar-refractivity contribution in [2.24, 2.45) is 0 Å². The third-order valence-corrected chi connectivity index (χ3v) is 3.87. The summed E-state index contributed by atoms with van der Waals surface area (Å²) < 4.78 is 13.8. The molecule has 0 unspecified atom stereocenters. The van der Waals surface area contributed by atoms with Crippen molar-refractivity contribution >= 4 is 17.7 Å². The number of halogens is 1. The summed E-state index contributed by atoms with van der Waals surface area (Å²) >= 11 is 0. The molecule has 1 saturated heterocycles. The Labute approximate surface area is 134 Å². The maximum atomic E-state index is 13.8. The molecular weight excluding hydrogens is 293 g/mol. The first-order valence-electron chi connectivity index (χ1n) is 7.61. The van der Waals surface area contributed by atoms with E-state index < -0.39 is 0 Å². The molecule has 0 radical (unpaired) electrons. The van der Waals surface area contributed by atoms with Gasteiger partial charge in [-0.15, -0.1) is 0 Å². The summed E-state index contributed by atoms with van der Waals surface area (Å²) in [5, 5.41) is 0. The number of anilines is 1. The van der Waals surface area contributed by atoms with E-state index in [9.17, 15) is 9.18 Å². The van der Waals surface area contributed by atoms with E-state index in [1.807, 2.05) is 29.2 Å². The number of rotatable bonds is 3. The minimum Gasteiger partial charge on any atom is -0.366 e. The van der Waals surface area contributed by atoms with Crippen molar-refractivity contribution in [3.8, 4) is 0 Å². The van der Waals surface area contributed by atoms with Crippen LogP contribution < -0.4 is 4.90 Å². The third kappa shape index (κ3) is 3.74. The Balaban J connectivity index is 1.57. The van der Waals surface area contributed by atoms with Gasteiger partial charge in [0.15, 0.2) is 0 Å². The molecule has 0 aliphatic carbocycles. The smallest absolute Gasteiger partial charge is 0.246 e. The number of carbonyl (C=O) groups excluding carboxylic acids is 1. The predicted molar refractivity (Wildman–Crippen MR) is 88.5 cm³/mol. The van der Waals surface area contributed by atoms with Crippen LogP contribution in [0.25, 0.3) is 6.08 Å². The van der Waals surface area contributed by atoms with Crippen molar-refractivity contribution in [2.45, 2.75) is 0 Å².